The van der Waals surface area contributed by atoms with Crippen LogP contribution in [0.5, 0.6) is 0 Å². The van der Waals surface area contributed by atoms with Crippen molar-refractivity contribution in [3.8, 4) is 0 Å². The van der Waals surface area contributed by atoms with E-state index in [9.17, 15) is 4.79 Å². The molecule has 1 aromatic rings. The summed E-state index contributed by atoms with van der Waals surface area (Å²) in [6, 6.07) is 10.8. The predicted octanol–water partition coefficient (Wildman–Crippen LogP) is 3.58. The Labute approximate surface area is 122 Å². The van der Waals surface area contributed by atoms with Crippen LogP contribution in [-0.4, -0.2) is 34.1 Å². The molecule has 0 heterocycles. The van der Waals surface area contributed by atoms with E-state index in [2.05, 4.69) is 56.9 Å². The summed E-state index contributed by atoms with van der Waals surface area (Å²) < 4.78 is 0. The minimum absolute atomic E-state index is 0.00838. The Hall–Kier alpha value is -1.35. The highest BCUT2D eigenvalue weighted by molar-refractivity contribution is 5.66. The summed E-state index contributed by atoms with van der Waals surface area (Å²) in [7, 11) is 0. The van der Waals surface area contributed by atoms with Crippen molar-refractivity contribution in [1.82, 2.24) is 4.90 Å². The van der Waals surface area contributed by atoms with E-state index in [1.807, 2.05) is 6.07 Å². The molecular weight excluding hydrogens is 250 g/mol. The molecule has 0 radical (unpaired) electrons. The quantitative estimate of drug-likeness (QED) is 0.828. The summed E-state index contributed by atoms with van der Waals surface area (Å²) in [5.41, 5.74) is 1.33. The van der Waals surface area contributed by atoms with Crippen molar-refractivity contribution in [2.45, 2.75) is 58.5 Å². The Kier molecular flexibility index (Phi) is 6.21. The van der Waals surface area contributed by atoms with Gasteiger partial charge in [0.1, 0.15) is 0 Å². The highest BCUT2D eigenvalue weighted by atomic mass is 16.4. The van der Waals surface area contributed by atoms with Crippen molar-refractivity contribution in [2.75, 3.05) is 6.54 Å². The second kappa shape index (κ2) is 7.44. The zero-order valence-corrected chi connectivity index (χ0v) is 13.1. The van der Waals surface area contributed by atoms with Crippen LogP contribution >= 0.6 is 0 Å². The molecule has 1 unspecified atom stereocenters. The van der Waals surface area contributed by atoms with Gasteiger partial charge in [-0.3, -0.25) is 9.69 Å². The second-order valence-corrected chi connectivity index (χ2v) is 6.38. The van der Waals surface area contributed by atoms with E-state index in [4.69, 9.17) is 5.11 Å². The molecule has 1 atom stereocenters. The lowest BCUT2D eigenvalue weighted by Crippen LogP contribution is -2.48. The molecule has 1 N–H and O–H groups in total. The number of aryl methyl sites for hydroxylation is 1. The average molecular weight is 277 g/mol. The van der Waals surface area contributed by atoms with Gasteiger partial charge in [-0.15, -0.1) is 0 Å². The van der Waals surface area contributed by atoms with Crippen LogP contribution in [0, 0.1) is 0 Å². The third kappa shape index (κ3) is 5.74. The van der Waals surface area contributed by atoms with E-state index >= 15 is 0 Å². The zero-order valence-electron chi connectivity index (χ0n) is 13.1. The average Bonchev–Trinajstić information content (AvgIpc) is 2.35. The zero-order chi connectivity index (χ0) is 15.2. The summed E-state index contributed by atoms with van der Waals surface area (Å²) in [6.07, 6.45) is 2.27. The fraction of sp³-hybridized carbons (Fsp3) is 0.588. The van der Waals surface area contributed by atoms with Crippen molar-refractivity contribution < 1.29 is 9.90 Å². The predicted molar refractivity (Wildman–Crippen MR) is 82.9 cm³/mol. The van der Waals surface area contributed by atoms with Crippen LogP contribution in [0.25, 0.3) is 0 Å². The summed E-state index contributed by atoms with van der Waals surface area (Å²) in [6.45, 7) is 9.24. The molecule has 0 aromatic heterocycles. The summed E-state index contributed by atoms with van der Waals surface area (Å²) in [5, 5.41) is 8.89. The number of nitrogens with zero attached hydrogens (tertiary/aromatic N) is 1. The van der Waals surface area contributed by atoms with Crippen LogP contribution in [0.15, 0.2) is 30.3 Å². The van der Waals surface area contributed by atoms with Crippen LogP contribution in [0.2, 0.25) is 0 Å². The molecule has 0 aliphatic heterocycles. The molecule has 0 aliphatic rings. The SMILES string of the molecule is CC(CCc1ccccc1)N(CCC(=O)O)C(C)(C)C. The van der Waals surface area contributed by atoms with Crippen LogP contribution in [0.4, 0.5) is 0 Å². The first kappa shape index (κ1) is 16.7. The van der Waals surface area contributed by atoms with E-state index in [0.29, 0.717) is 12.6 Å². The lowest BCUT2D eigenvalue weighted by molar-refractivity contribution is -0.137. The molecule has 20 heavy (non-hydrogen) atoms. The molecule has 1 rings (SSSR count). The Morgan fingerprint density at radius 3 is 2.35 bits per heavy atom. The van der Waals surface area contributed by atoms with Crippen molar-refractivity contribution in [3.63, 3.8) is 0 Å². The van der Waals surface area contributed by atoms with Crippen LogP contribution < -0.4 is 0 Å². The lowest BCUT2D eigenvalue weighted by Gasteiger charge is -2.40. The third-order valence-electron chi connectivity index (χ3n) is 3.65. The van der Waals surface area contributed by atoms with Crippen molar-refractivity contribution in [2.24, 2.45) is 0 Å². The largest absolute Gasteiger partial charge is 0.481 e. The fourth-order valence-corrected chi connectivity index (χ4v) is 2.61. The monoisotopic (exact) mass is 277 g/mol. The van der Waals surface area contributed by atoms with Gasteiger partial charge in [0.25, 0.3) is 0 Å². The van der Waals surface area contributed by atoms with Crippen molar-refractivity contribution in [3.05, 3.63) is 35.9 Å². The Morgan fingerprint density at radius 1 is 1.25 bits per heavy atom. The Morgan fingerprint density at radius 2 is 1.85 bits per heavy atom. The number of carboxylic acids is 1. The number of carboxylic acid groups (broad SMARTS) is 1. The van der Waals surface area contributed by atoms with Gasteiger partial charge in [-0.2, -0.15) is 0 Å². The van der Waals surface area contributed by atoms with E-state index in [-0.39, 0.29) is 12.0 Å². The minimum atomic E-state index is -0.727. The van der Waals surface area contributed by atoms with Gasteiger partial charge in [-0.05, 0) is 46.1 Å². The first-order chi connectivity index (χ1) is 9.30. The molecule has 1 aromatic carbocycles. The summed E-state index contributed by atoms with van der Waals surface area (Å²) in [4.78, 5) is 13.1. The van der Waals surface area contributed by atoms with Crippen molar-refractivity contribution in [1.29, 1.82) is 0 Å². The lowest BCUT2D eigenvalue weighted by atomic mass is 9.98. The van der Waals surface area contributed by atoms with E-state index in [0.717, 1.165) is 12.8 Å². The van der Waals surface area contributed by atoms with Crippen molar-refractivity contribution >= 4 is 5.97 Å². The Bertz CT molecular complexity index is 409. The van der Waals surface area contributed by atoms with Gasteiger partial charge in [-0.1, -0.05) is 30.3 Å². The molecule has 3 nitrogen and oxygen atoms in total. The minimum Gasteiger partial charge on any atom is -0.481 e. The molecule has 112 valence electrons. The molecule has 0 saturated heterocycles. The molecule has 0 saturated carbocycles. The number of aliphatic carboxylic acids is 1. The maximum Gasteiger partial charge on any atom is 0.304 e. The van der Waals surface area contributed by atoms with Gasteiger partial charge in [0, 0.05) is 18.1 Å². The molecule has 0 spiro atoms. The van der Waals surface area contributed by atoms with Gasteiger partial charge in [0.05, 0.1) is 6.42 Å². The summed E-state index contributed by atoms with van der Waals surface area (Å²) in [5.74, 6) is -0.727. The second-order valence-electron chi connectivity index (χ2n) is 6.38. The molecule has 0 bridgehead atoms. The van der Waals surface area contributed by atoms with E-state index in [1.165, 1.54) is 5.56 Å². The standard InChI is InChI=1S/C17H27NO2/c1-14(10-11-15-8-6-5-7-9-15)18(17(2,3)4)13-12-16(19)20/h5-9,14H,10-13H2,1-4H3,(H,19,20). The van der Waals surface area contributed by atoms with Gasteiger partial charge in [0.15, 0.2) is 0 Å². The topological polar surface area (TPSA) is 40.5 Å². The van der Waals surface area contributed by atoms with E-state index in [1.54, 1.807) is 0 Å². The number of rotatable bonds is 7. The number of benzene rings is 1. The molecular formula is C17H27NO2. The van der Waals surface area contributed by atoms with Gasteiger partial charge < -0.3 is 5.11 Å². The van der Waals surface area contributed by atoms with Gasteiger partial charge in [0.2, 0.25) is 0 Å². The van der Waals surface area contributed by atoms with Gasteiger partial charge in [-0.25, -0.2) is 0 Å². The fourth-order valence-electron chi connectivity index (χ4n) is 2.61. The molecule has 0 fully saturated rings. The summed E-state index contributed by atoms with van der Waals surface area (Å²) >= 11 is 0. The highest BCUT2D eigenvalue weighted by Crippen LogP contribution is 2.20. The molecule has 0 aliphatic carbocycles. The van der Waals surface area contributed by atoms with Crippen LogP contribution in [0.3, 0.4) is 0 Å². The van der Waals surface area contributed by atoms with Crippen LogP contribution in [0.1, 0.15) is 46.1 Å². The molecule has 3 heteroatoms. The first-order valence-electron chi connectivity index (χ1n) is 7.33. The van der Waals surface area contributed by atoms with Gasteiger partial charge >= 0.3 is 5.97 Å². The normalized spacial score (nSPS) is 13.4. The number of hydrogen-bond donors (Lipinski definition) is 1. The maximum atomic E-state index is 10.8. The van der Waals surface area contributed by atoms with E-state index < -0.39 is 5.97 Å². The van der Waals surface area contributed by atoms with Crippen LogP contribution in [-0.2, 0) is 11.2 Å². The molecule has 0 amide bonds. The smallest absolute Gasteiger partial charge is 0.304 e. The Balaban J connectivity index is 2.59. The number of carbonyl (C=O) groups is 1. The highest BCUT2D eigenvalue weighted by Gasteiger charge is 2.26. The first-order valence-corrected chi connectivity index (χ1v) is 7.33. The number of hydrogen-bond acceptors (Lipinski definition) is 2. The third-order valence-corrected chi connectivity index (χ3v) is 3.65. The maximum absolute atomic E-state index is 10.8.